The lowest BCUT2D eigenvalue weighted by Crippen LogP contribution is -2.36. The van der Waals surface area contributed by atoms with E-state index in [0.29, 0.717) is 6.42 Å². The van der Waals surface area contributed by atoms with Gasteiger partial charge in [-0.2, -0.15) is 0 Å². The van der Waals surface area contributed by atoms with Gasteiger partial charge in [0.1, 0.15) is 12.0 Å². The van der Waals surface area contributed by atoms with E-state index in [1.54, 1.807) is 6.07 Å². The number of halogens is 2. The first-order chi connectivity index (χ1) is 8.02. The Morgan fingerprint density at radius 3 is 2.82 bits per heavy atom. The number of benzene rings is 1. The fourth-order valence-corrected chi connectivity index (χ4v) is 2.29. The maximum absolute atomic E-state index is 13.7. The Labute approximate surface area is 102 Å². The third-order valence-corrected chi connectivity index (χ3v) is 3.28. The number of aliphatic hydroxyl groups is 1. The van der Waals surface area contributed by atoms with Crippen molar-refractivity contribution in [3.05, 3.63) is 34.6 Å². The van der Waals surface area contributed by atoms with Crippen LogP contribution in [0.4, 0.5) is 9.18 Å². The van der Waals surface area contributed by atoms with E-state index in [9.17, 15) is 14.3 Å². The number of nitrogens with zero attached hydrogens (tertiary/aromatic N) is 1. The van der Waals surface area contributed by atoms with Gasteiger partial charge in [0.2, 0.25) is 0 Å². The van der Waals surface area contributed by atoms with Crippen LogP contribution in [-0.2, 0) is 0 Å². The minimum Gasteiger partial charge on any atom is -0.465 e. The number of carbonyl (C=O) groups is 1. The van der Waals surface area contributed by atoms with E-state index < -0.39 is 24.1 Å². The lowest BCUT2D eigenvalue weighted by Gasteiger charge is -2.21. The van der Waals surface area contributed by atoms with Crippen molar-refractivity contribution in [1.29, 1.82) is 0 Å². The standard InChI is InChI=1S/C11H11ClFNO3/c12-8-3-1-2-6(9(8)13)7-4-5-14(10(7)15)11(16)17/h1-3,7,10,15H,4-5H2,(H,16,17)/t7-,10-/m0/s1. The molecule has 1 amide bonds. The molecule has 0 unspecified atom stereocenters. The van der Waals surface area contributed by atoms with Gasteiger partial charge in [0.15, 0.2) is 0 Å². The number of carboxylic acid groups (broad SMARTS) is 1. The van der Waals surface area contributed by atoms with Crippen LogP contribution in [0.1, 0.15) is 17.9 Å². The van der Waals surface area contributed by atoms with Crippen molar-refractivity contribution < 1.29 is 19.4 Å². The van der Waals surface area contributed by atoms with E-state index in [1.165, 1.54) is 12.1 Å². The van der Waals surface area contributed by atoms with Gasteiger partial charge in [-0.3, -0.25) is 4.90 Å². The molecular weight excluding hydrogens is 249 g/mol. The molecule has 6 heteroatoms. The lowest BCUT2D eigenvalue weighted by atomic mass is 9.96. The second kappa shape index (κ2) is 4.50. The summed E-state index contributed by atoms with van der Waals surface area (Å²) < 4.78 is 13.7. The first kappa shape index (κ1) is 12.1. The van der Waals surface area contributed by atoms with Crippen LogP contribution in [0.15, 0.2) is 18.2 Å². The van der Waals surface area contributed by atoms with Gasteiger partial charge < -0.3 is 10.2 Å². The van der Waals surface area contributed by atoms with Crippen molar-refractivity contribution >= 4 is 17.7 Å². The van der Waals surface area contributed by atoms with Gasteiger partial charge in [-0.05, 0) is 18.1 Å². The molecule has 1 heterocycles. The van der Waals surface area contributed by atoms with Crippen LogP contribution >= 0.6 is 11.6 Å². The SMILES string of the molecule is O=C(O)N1CC[C@@H](c2cccc(Cl)c2F)[C@@H]1O. The average molecular weight is 260 g/mol. The third-order valence-electron chi connectivity index (χ3n) is 2.99. The highest BCUT2D eigenvalue weighted by atomic mass is 35.5. The molecule has 1 saturated heterocycles. The summed E-state index contributed by atoms with van der Waals surface area (Å²) in [7, 11) is 0. The van der Waals surface area contributed by atoms with E-state index in [2.05, 4.69) is 0 Å². The highest BCUT2D eigenvalue weighted by Gasteiger charge is 2.38. The summed E-state index contributed by atoms with van der Waals surface area (Å²) in [5.41, 5.74) is 0.258. The van der Waals surface area contributed by atoms with Crippen molar-refractivity contribution in [3.8, 4) is 0 Å². The van der Waals surface area contributed by atoms with E-state index in [4.69, 9.17) is 16.7 Å². The highest BCUT2D eigenvalue weighted by Crippen LogP contribution is 2.35. The normalized spacial score (nSPS) is 24.1. The molecule has 0 bridgehead atoms. The Morgan fingerprint density at radius 1 is 1.53 bits per heavy atom. The molecule has 0 saturated carbocycles. The molecule has 0 aromatic heterocycles. The maximum atomic E-state index is 13.7. The van der Waals surface area contributed by atoms with E-state index in [0.717, 1.165) is 4.90 Å². The summed E-state index contributed by atoms with van der Waals surface area (Å²) in [6.07, 6.45) is -2.05. The summed E-state index contributed by atoms with van der Waals surface area (Å²) in [5.74, 6) is -1.16. The zero-order valence-corrected chi connectivity index (χ0v) is 9.56. The largest absolute Gasteiger partial charge is 0.465 e. The molecule has 1 aromatic carbocycles. The third kappa shape index (κ3) is 2.08. The molecule has 1 aliphatic rings. The topological polar surface area (TPSA) is 60.8 Å². The van der Waals surface area contributed by atoms with Crippen LogP contribution in [0.5, 0.6) is 0 Å². The average Bonchev–Trinajstić information content (AvgIpc) is 2.64. The fraction of sp³-hybridized carbons (Fsp3) is 0.364. The lowest BCUT2D eigenvalue weighted by molar-refractivity contribution is 0.0306. The van der Waals surface area contributed by atoms with Gasteiger partial charge in [0.05, 0.1) is 5.02 Å². The van der Waals surface area contributed by atoms with Crippen molar-refractivity contribution in [2.75, 3.05) is 6.54 Å². The predicted octanol–water partition coefficient (Wildman–Crippen LogP) is 2.26. The molecule has 4 nitrogen and oxygen atoms in total. The van der Waals surface area contributed by atoms with Gasteiger partial charge in [0.25, 0.3) is 0 Å². The minimum absolute atomic E-state index is 0.0246. The molecule has 2 rings (SSSR count). The smallest absolute Gasteiger partial charge is 0.409 e. The highest BCUT2D eigenvalue weighted by molar-refractivity contribution is 6.30. The Hall–Kier alpha value is -1.33. The number of hydrogen-bond acceptors (Lipinski definition) is 2. The van der Waals surface area contributed by atoms with Crippen LogP contribution in [0.3, 0.4) is 0 Å². The van der Waals surface area contributed by atoms with E-state index in [1.807, 2.05) is 0 Å². The van der Waals surface area contributed by atoms with Gasteiger partial charge >= 0.3 is 6.09 Å². The molecule has 0 radical (unpaired) electrons. The van der Waals surface area contributed by atoms with Crippen molar-refractivity contribution in [1.82, 2.24) is 4.90 Å². The van der Waals surface area contributed by atoms with Gasteiger partial charge in [0, 0.05) is 12.5 Å². The van der Waals surface area contributed by atoms with Crippen LogP contribution in [-0.4, -0.2) is 34.0 Å². The summed E-state index contributed by atoms with van der Waals surface area (Å²) >= 11 is 5.65. The maximum Gasteiger partial charge on any atom is 0.409 e. The molecule has 92 valence electrons. The van der Waals surface area contributed by atoms with Crippen molar-refractivity contribution in [2.24, 2.45) is 0 Å². The Kier molecular flexibility index (Phi) is 3.22. The molecule has 0 aliphatic carbocycles. The molecular formula is C11H11ClFNO3. The summed E-state index contributed by atoms with van der Waals surface area (Å²) in [6, 6.07) is 4.51. The fourth-order valence-electron chi connectivity index (χ4n) is 2.11. The van der Waals surface area contributed by atoms with Crippen molar-refractivity contribution in [3.63, 3.8) is 0 Å². The van der Waals surface area contributed by atoms with E-state index in [-0.39, 0.29) is 17.1 Å². The zero-order chi connectivity index (χ0) is 12.6. The molecule has 17 heavy (non-hydrogen) atoms. The van der Waals surface area contributed by atoms with Crippen LogP contribution in [0, 0.1) is 5.82 Å². The first-order valence-corrected chi connectivity index (χ1v) is 5.51. The number of amides is 1. The van der Waals surface area contributed by atoms with E-state index >= 15 is 0 Å². The molecule has 0 spiro atoms. The molecule has 1 aromatic rings. The Bertz CT molecular complexity index is 454. The van der Waals surface area contributed by atoms with Gasteiger partial charge in [-0.1, -0.05) is 23.7 Å². The summed E-state index contributed by atoms with van der Waals surface area (Å²) in [5, 5.41) is 18.6. The quantitative estimate of drug-likeness (QED) is 0.813. The van der Waals surface area contributed by atoms with Crippen LogP contribution in [0.2, 0.25) is 5.02 Å². The van der Waals surface area contributed by atoms with Gasteiger partial charge in [-0.15, -0.1) is 0 Å². The second-order valence-electron chi connectivity index (χ2n) is 3.93. The minimum atomic E-state index is -1.22. The monoisotopic (exact) mass is 259 g/mol. The molecule has 2 N–H and O–H groups in total. The Morgan fingerprint density at radius 2 is 2.24 bits per heavy atom. The number of likely N-dealkylation sites (tertiary alicyclic amines) is 1. The number of hydrogen-bond donors (Lipinski definition) is 2. The van der Waals surface area contributed by atoms with Gasteiger partial charge in [-0.25, -0.2) is 9.18 Å². The van der Waals surface area contributed by atoms with Crippen LogP contribution in [0.25, 0.3) is 0 Å². The molecule has 2 atom stereocenters. The zero-order valence-electron chi connectivity index (χ0n) is 8.81. The van der Waals surface area contributed by atoms with Crippen LogP contribution < -0.4 is 0 Å². The first-order valence-electron chi connectivity index (χ1n) is 5.14. The van der Waals surface area contributed by atoms with Crippen molar-refractivity contribution in [2.45, 2.75) is 18.6 Å². The summed E-state index contributed by atoms with van der Waals surface area (Å²) in [4.78, 5) is 11.7. The Balaban J connectivity index is 2.30. The summed E-state index contributed by atoms with van der Waals surface area (Å²) in [6.45, 7) is 0.188. The molecule has 1 fully saturated rings. The number of rotatable bonds is 1. The number of aliphatic hydroxyl groups excluding tert-OH is 1. The second-order valence-corrected chi connectivity index (χ2v) is 4.33. The predicted molar refractivity (Wildman–Crippen MR) is 59.5 cm³/mol. The molecule has 1 aliphatic heterocycles.